The summed E-state index contributed by atoms with van der Waals surface area (Å²) in [7, 11) is -31.3. The third-order valence-electron chi connectivity index (χ3n) is 20.3. The molecule has 25 nitrogen and oxygen atoms in total. The Balaban J connectivity index is -0.000000407. The summed E-state index contributed by atoms with van der Waals surface area (Å²) < 4.78 is 142. The number of hydrogen-bond donors (Lipinski definition) is 1. The third kappa shape index (κ3) is 77.5. The van der Waals surface area contributed by atoms with Crippen LogP contribution in [0.5, 0.6) is 0 Å². The topological polar surface area (TPSA) is 358 Å². The van der Waals surface area contributed by atoms with Crippen molar-refractivity contribution in [2.24, 2.45) is 0 Å². The molecule has 750 valence electrons. The summed E-state index contributed by atoms with van der Waals surface area (Å²) in [6.07, 6.45) is 16.8. The Hall–Kier alpha value is -2.36. The standard InChI is InChI=1S/C30H62O8SSi4.C27H54O8SSi3.C24H48O5Si3.C6H14O3SSi.H2O.Pt/c1-13-27(3)29(31)35-20-15-17-23-41(8,9)26-43(12,25-19-22-39(33,34)37-40(5,6)7)38-42(10,11)24-18-16-21-36-30(32)28(4)14-2;1-10-24(3)26(28)33-17-12-14-20-37(5,6)23-39(9,22-16-19-36(30,31)32)35-38(7,8)21-15-13-18-34-27(29)25(4)11-2;1-10-21(3)23(25)27-16-12-14-18-31(6,7)20-30(5)29-32(8,9)19-15-13-17-28-24(26)22(4)11-2;1-5-6-10(7,8)9-11(2,3)4;;/h3-4,13-26H2,1-2,5-12H3;3-4,10-23H2,1-2,5-9H3,(H,30,31,32);30H,3-4,10-20H2,1-2,5-9H3;5H,1,6H2,2-4H3;1H2;. The first-order chi connectivity index (χ1) is 57.0. The summed E-state index contributed by atoms with van der Waals surface area (Å²) in [4.78, 5) is 70.6. The molecule has 3 N–H and O–H groups in total. The van der Waals surface area contributed by atoms with Gasteiger partial charge in [-0.25, -0.2) is 45.6 Å². The minimum Gasteiger partial charge on any atom is -0.462 e. The van der Waals surface area contributed by atoms with Crippen LogP contribution in [-0.4, -0.2) is 219 Å². The van der Waals surface area contributed by atoms with Crippen molar-refractivity contribution in [3.05, 3.63) is 85.6 Å². The van der Waals surface area contributed by atoms with Gasteiger partial charge in [-0.1, -0.05) is 183 Å². The van der Waals surface area contributed by atoms with Crippen molar-refractivity contribution >= 4 is 158 Å². The second-order valence-electron chi connectivity index (χ2n) is 39.8. The summed E-state index contributed by atoms with van der Waals surface area (Å²) >= 11 is 0. The van der Waals surface area contributed by atoms with Gasteiger partial charge in [0.1, 0.15) is 0 Å². The summed E-state index contributed by atoms with van der Waals surface area (Å²) in [6.45, 7) is 85.5. The van der Waals surface area contributed by atoms with Gasteiger partial charge in [-0.15, -0.1) is 6.58 Å². The van der Waals surface area contributed by atoms with E-state index in [1.165, 1.54) is 17.8 Å². The number of ether oxygens (including phenoxy) is 6. The molecule has 0 aromatic heterocycles. The summed E-state index contributed by atoms with van der Waals surface area (Å²) in [6, 6.07) is 7.86. The zero-order valence-corrected chi connectivity index (χ0v) is 100. The van der Waals surface area contributed by atoms with E-state index >= 15 is 0 Å². The molecular weight excluding hydrogens is 2050 g/mol. The van der Waals surface area contributed by atoms with Crippen molar-refractivity contribution in [2.45, 2.75) is 373 Å². The van der Waals surface area contributed by atoms with E-state index in [2.05, 4.69) is 144 Å². The van der Waals surface area contributed by atoms with E-state index < -0.39 is 122 Å². The monoisotopic (exact) mass is 2220 g/mol. The molecule has 127 heavy (non-hydrogen) atoms. The molecule has 0 saturated heterocycles. The van der Waals surface area contributed by atoms with Crippen LogP contribution in [0.4, 0.5) is 0 Å². The fourth-order valence-electron chi connectivity index (χ4n) is 14.3. The molecule has 0 bridgehead atoms. The van der Waals surface area contributed by atoms with Crippen LogP contribution in [0, 0.1) is 0 Å². The minimum absolute atomic E-state index is 0. The Morgan fingerprint density at radius 2 is 0.575 bits per heavy atom. The van der Waals surface area contributed by atoms with Gasteiger partial charge in [0.25, 0.3) is 30.4 Å². The smallest absolute Gasteiger partial charge is 0.333 e. The minimum atomic E-state index is -4.01. The average Bonchev–Trinajstić information content (AvgIpc) is 0.823. The van der Waals surface area contributed by atoms with Crippen molar-refractivity contribution in [2.75, 3.05) is 56.9 Å². The fraction of sp³-hybridized carbons (Fsp3) is 0.770. The van der Waals surface area contributed by atoms with Gasteiger partial charge in [-0.05, 0) is 235 Å². The second kappa shape index (κ2) is 67.0. The van der Waals surface area contributed by atoms with Crippen LogP contribution in [0.2, 0.25) is 203 Å². The van der Waals surface area contributed by atoms with Crippen LogP contribution in [0.1, 0.15) is 170 Å². The zero-order chi connectivity index (χ0) is 97.8. The SMILES string of the molecule is C=C(CC)C(=O)OCCCC[Si](C)(C)C[SiH](C)O[Si](C)(C)CCCCOC(=O)C(=C)CC.C=C(CC)C(=O)OCCCC[Si](C)(C)C[Si](C)(CCCS(=O)(=O)O)O[Si](C)(C)CCCCOC(=O)C(=C)CC.C=C(CC)C(=O)OCCCC[Si](C)(C)C[Si](C)(CCCS(=O)(=O)O[Si](C)(C)C)O[Si](C)(C)CCCCOC(=O)C(=C)CC.C=CCS(=O)(=O)O[Si](C)(C)C.O.[Pt]. The molecule has 0 amide bonds. The molecule has 3 unspecified atom stereocenters. The first-order valence-corrected chi connectivity index (χ1v) is 84.9. The summed E-state index contributed by atoms with van der Waals surface area (Å²) in [5.74, 6) is -2.12. The maximum absolute atomic E-state index is 12.6. The van der Waals surface area contributed by atoms with Crippen molar-refractivity contribution in [1.29, 1.82) is 0 Å². The Kier molecular flexibility index (Phi) is 71.4. The van der Waals surface area contributed by atoms with Gasteiger partial charge >= 0.3 is 35.8 Å². The first kappa shape index (κ1) is 135. The van der Waals surface area contributed by atoms with Crippen LogP contribution in [-0.2, 0) is 129 Å². The normalized spacial score (nSPS) is 13.4. The van der Waals surface area contributed by atoms with Crippen molar-refractivity contribution in [1.82, 2.24) is 0 Å². The van der Waals surface area contributed by atoms with Crippen LogP contribution < -0.4 is 0 Å². The van der Waals surface area contributed by atoms with E-state index in [0.717, 1.165) is 125 Å². The van der Waals surface area contributed by atoms with Gasteiger partial charge < -0.3 is 54.0 Å². The van der Waals surface area contributed by atoms with Crippen molar-refractivity contribution in [3.8, 4) is 0 Å². The third-order valence-corrected chi connectivity index (χ3v) is 74.1. The molecule has 0 spiro atoms. The molecule has 3 atom stereocenters. The maximum atomic E-state index is 12.6. The van der Waals surface area contributed by atoms with Crippen LogP contribution in [0.25, 0.3) is 0 Å². The number of hydrogen-bond acceptors (Lipinski definition) is 23. The molecule has 0 aliphatic heterocycles. The van der Waals surface area contributed by atoms with Gasteiger partial charge in [0, 0.05) is 78.7 Å². The quantitative estimate of drug-likeness (QED) is 0.0112. The molecule has 0 fully saturated rings. The Morgan fingerprint density at radius 1 is 0.339 bits per heavy atom. The molecular formula is C87H180O25PtS3Si11. The molecule has 0 radical (unpaired) electrons. The number of carbonyl (C=O) groups excluding carboxylic acids is 6. The van der Waals surface area contributed by atoms with Crippen molar-refractivity contribution < 1.29 is 134 Å². The molecule has 0 aliphatic carbocycles. The Labute approximate surface area is 799 Å². The van der Waals surface area contributed by atoms with Crippen molar-refractivity contribution in [3.63, 3.8) is 0 Å². The molecule has 0 aromatic carbocycles. The molecule has 40 heteroatoms. The van der Waals surface area contributed by atoms with E-state index in [1.807, 2.05) is 80.8 Å². The van der Waals surface area contributed by atoms with E-state index in [0.29, 0.717) is 130 Å². The van der Waals surface area contributed by atoms with Crippen LogP contribution in [0.15, 0.2) is 85.6 Å². The zero-order valence-electron chi connectivity index (χ0n) is 84.3. The number of rotatable bonds is 68. The van der Waals surface area contributed by atoms with Crippen LogP contribution in [0.3, 0.4) is 0 Å². The van der Waals surface area contributed by atoms with E-state index in [1.54, 1.807) is 0 Å². The van der Waals surface area contributed by atoms with E-state index in [-0.39, 0.29) is 79.6 Å². The molecule has 0 heterocycles. The molecule has 0 aromatic rings. The van der Waals surface area contributed by atoms with Gasteiger partial charge in [0.15, 0.2) is 50.6 Å². The molecule has 0 aliphatic rings. The first-order valence-electron chi connectivity index (χ1n) is 45.6. The number of esters is 6. The van der Waals surface area contributed by atoms with Gasteiger partial charge in [-0.3, -0.25) is 4.55 Å². The van der Waals surface area contributed by atoms with Crippen LogP contribution >= 0.6 is 0 Å². The average molecular weight is 2230 g/mol. The summed E-state index contributed by atoms with van der Waals surface area (Å²) in [5, 5.41) is 0. The van der Waals surface area contributed by atoms with E-state index in [4.69, 9.17) is 48.5 Å². The van der Waals surface area contributed by atoms with Gasteiger partial charge in [0.05, 0.1) is 56.9 Å². The molecule has 0 saturated carbocycles. The fourth-order valence-corrected chi connectivity index (χ4v) is 77.7. The number of unbranched alkanes of at least 4 members (excludes halogenated alkanes) is 6. The summed E-state index contributed by atoms with van der Waals surface area (Å²) in [5.41, 5.74) is 6.39. The predicted molar refractivity (Wildman–Crippen MR) is 551 cm³/mol. The Morgan fingerprint density at radius 3 is 0.819 bits per heavy atom. The van der Waals surface area contributed by atoms with Gasteiger partial charge in [0.2, 0.25) is 16.6 Å². The van der Waals surface area contributed by atoms with E-state index in [9.17, 15) is 58.6 Å². The largest absolute Gasteiger partial charge is 0.462 e. The predicted octanol–water partition coefficient (Wildman–Crippen LogP) is 22.0. The molecule has 0 rings (SSSR count). The van der Waals surface area contributed by atoms with Gasteiger partial charge in [-0.2, -0.15) is 8.42 Å². The number of carbonyl (C=O) groups is 6. The second-order valence-corrected chi connectivity index (χ2v) is 96.2. The maximum Gasteiger partial charge on any atom is 0.333 e. The Bertz CT molecular complexity index is 3520.